The van der Waals surface area contributed by atoms with Crippen molar-refractivity contribution >= 4 is 15.7 Å². The van der Waals surface area contributed by atoms with Crippen molar-refractivity contribution in [3.63, 3.8) is 0 Å². The molecule has 9 nitrogen and oxygen atoms in total. The summed E-state index contributed by atoms with van der Waals surface area (Å²) in [6.07, 6.45) is 8.32. The molecule has 6 rings (SSSR count). The van der Waals surface area contributed by atoms with Crippen LogP contribution in [0.25, 0.3) is 0 Å². The molecule has 13 atom stereocenters. The van der Waals surface area contributed by atoms with Gasteiger partial charge in [0.2, 0.25) is 5.91 Å². The molecule has 0 aromatic rings. The Morgan fingerprint density at radius 2 is 1.86 bits per heavy atom. The number of nitrogens with one attached hydrogen (secondary N) is 1. The normalized spacial score (nSPS) is 44.8. The molecule has 5 unspecified atom stereocenters. The van der Waals surface area contributed by atoms with E-state index in [-0.39, 0.29) is 41.7 Å². The SMILES string of the molecule is COC1C(CN2O[C@@H](CO)[C@H]([C@H](C)O)[C@H]2C(=O)N[C@H]2C[C@H]3C[C@@H]([C@@H]2C)C3(C)C)CCCC1C1CCCC(S(C)(=O)=O)C1. The third kappa shape index (κ3) is 6.06. The third-order valence-corrected chi connectivity index (χ3v) is 14.3. The highest BCUT2D eigenvalue weighted by molar-refractivity contribution is 7.91. The minimum atomic E-state index is -3.08. The van der Waals surface area contributed by atoms with Gasteiger partial charge in [-0.05, 0) is 80.5 Å². The molecule has 6 aliphatic rings. The first-order valence-electron chi connectivity index (χ1n) is 16.5. The number of hydroxylamine groups is 2. The summed E-state index contributed by atoms with van der Waals surface area (Å²) in [5.41, 5.74) is 0.319. The highest BCUT2D eigenvalue weighted by atomic mass is 32.2. The Hall–Kier alpha value is -0.780. The molecule has 42 heavy (non-hydrogen) atoms. The van der Waals surface area contributed by atoms with E-state index in [4.69, 9.17) is 9.57 Å². The number of ether oxygens (including phenoxy) is 1. The number of carbonyl (C=O) groups is 1. The van der Waals surface area contributed by atoms with E-state index >= 15 is 0 Å². The molecule has 0 spiro atoms. The second-order valence-electron chi connectivity index (χ2n) is 15.2. The van der Waals surface area contributed by atoms with E-state index in [0.717, 1.165) is 44.9 Å². The van der Waals surface area contributed by atoms with Crippen LogP contribution >= 0.6 is 0 Å². The summed E-state index contributed by atoms with van der Waals surface area (Å²) >= 11 is 0. The first-order chi connectivity index (χ1) is 19.8. The first-order valence-corrected chi connectivity index (χ1v) is 18.5. The third-order valence-electron chi connectivity index (χ3n) is 12.6. The molecule has 0 radical (unpaired) electrons. The van der Waals surface area contributed by atoms with Gasteiger partial charge in [-0.2, -0.15) is 5.06 Å². The second-order valence-corrected chi connectivity index (χ2v) is 17.5. The number of amides is 1. The summed E-state index contributed by atoms with van der Waals surface area (Å²) in [5.74, 6) is 1.56. The maximum atomic E-state index is 14.0. The van der Waals surface area contributed by atoms with Crippen molar-refractivity contribution in [1.82, 2.24) is 10.4 Å². The zero-order chi connectivity index (χ0) is 30.6. The van der Waals surface area contributed by atoms with Gasteiger partial charge in [0.1, 0.15) is 22.0 Å². The van der Waals surface area contributed by atoms with Crippen LogP contribution in [0.4, 0.5) is 0 Å². The Morgan fingerprint density at radius 1 is 1.14 bits per heavy atom. The minimum Gasteiger partial charge on any atom is -0.394 e. The number of rotatable bonds is 9. The van der Waals surface area contributed by atoms with Crippen LogP contribution in [-0.4, -0.2) is 91.8 Å². The Balaban J connectivity index is 1.32. The number of nitrogens with zero attached hydrogens (tertiary/aromatic N) is 1. The Morgan fingerprint density at radius 3 is 2.45 bits per heavy atom. The molecule has 1 amide bonds. The summed E-state index contributed by atoms with van der Waals surface area (Å²) in [6.45, 7) is 8.82. The number of hydrogen-bond acceptors (Lipinski definition) is 8. The number of fused-ring (bicyclic) bond motifs is 2. The van der Waals surface area contributed by atoms with Crippen LogP contribution in [0, 0.1) is 46.8 Å². The van der Waals surface area contributed by atoms with Crippen LogP contribution in [0.5, 0.6) is 0 Å². The lowest BCUT2D eigenvalue weighted by Gasteiger charge is -2.62. The quantitative estimate of drug-likeness (QED) is 0.363. The fraction of sp³-hybridized carbons (Fsp3) is 0.969. The van der Waals surface area contributed by atoms with Gasteiger partial charge >= 0.3 is 0 Å². The van der Waals surface area contributed by atoms with Gasteiger partial charge in [0.25, 0.3) is 0 Å². The summed E-state index contributed by atoms with van der Waals surface area (Å²) in [7, 11) is -1.33. The zero-order valence-electron chi connectivity index (χ0n) is 26.6. The summed E-state index contributed by atoms with van der Waals surface area (Å²) in [5, 5.41) is 25.8. The maximum absolute atomic E-state index is 14.0. The van der Waals surface area contributed by atoms with E-state index in [1.165, 1.54) is 12.7 Å². The largest absolute Gasteiger partial charge is 0.394 e. The van der Waals surface area contributed by atoms with Crippen molar-refractivity contribution in [2.24, 2.45) is 46.8 Å². The highest BCUT2D eigenvalue weighted by Gasteiger charge is 2.57. The molecule has 1 saturated heterocycles. The van der Waals surface area contributed by atoms with Crippen molar-refractivity contribution in [3.05, 3.63) is 0 Å². The number of aliphatic hydroxyl groups is 2. The van der Waals surface area contributed by atoms with Crippen LogP contribution in [0.1, 0.15) is 85.5 Å². The van der Waals surface area contributed by atoms with Gasteiger partial charge in [-0.15, -0.1) is 0 Å². The van der Waals surface area contributed by atoms with Crippen LogP contribution in [0.3, 0.4) is 0 Å². The maximum Gasteiger partial charge on any atom is 0.240 e. The Kier molecular flexibility index (Phi) is 9.74. The van der Waals surface area contributed by atoms with Gasteiger partial charge in [-0.25, -0.2) is 8.42 Å². The van der Waals surface area contributed by atoms with E-state index < -0.39 is 34.0 Å². The van der Waals surface area contributed by atoms with Crippen molar-refractivity contribution < 1.29 is 33.0 Å². The topological polar surface area (TPSA) is 125 Å². The van der Waals surface area contributed by atoms with Gasteiger partial charge in [0, 0.05) is 37.8 Å². The van der Waals surface area contributed by atoms with Gasteiger partial charge in [-0.3, -0.25) is 9.63 Å². The van der Waals surface area contributed by atoms with Gasteiger partial charge < -0.3 is 20.3 Å². The molecule has 10 heteroatoms. The number of aliphatic hydroxyl groups excluding tert-OH is 2. The summed E-state index contributed by atoms with van der Waals surface area (Å²) < 4.78 is 30.9. The van der Waals surface area contributed by atoms with Crippen molar-refractivity contribution in [3.8, 4) is 0 Å². The standard InChI is InChI=1S/C32H56N2O7S/c1-18-25-14-22(32(25,3)4)15-26(18)33-31(37)29-28(19(2)36)27(17-35)41-34(29)16-21-10-8-12-24(30(21)40-5)20-9-7-11-23(13-20)42(6,38)39/h18-30,35-36H,7-17H2,1-6H3,(H,33,37)/t18-,19-,20?,21?,22+,23?,24?,25-,26-,27-,28-,29-,30?/m0/s1. The summed E-state index contributed by atoms with van der Waals surface area (Å²) in [6, 6.07) is -0.610. The van der Waals surface area contributed by atoms with Crippen LogP contribution in [-0.2, 0) is 24.2 Å². The summed E-state index contributed by atoms with van der Waals surface area (Å²) in [4.78, 5) is 20.3. The van der Waals surface area contributed by atoms with Crippen molar-refractivity contribution in [2.45, 2.75) is 121 Å². The number of sulfone groups is 1. The predicted molar refractivity (Wildman–Crippen MR) is 161 cm³/mol. The molecular weight excluding hydrogens is 556 g/mol. The fourth-order valence-electron chi connectivity index (χ4n) is 10.1. The van der Waals surface area contributed by atoms with Crippen LogP contribution in [0.2, 0.25) is 0 Å². The highest BCUT2D eigenvalue weighted by Crippen LogP contribution is 2.61. The molecular formula is C32H56N2O7S. The van der Waals surface area contributed by atoms with E-state index in [9.17, 15) is 23.4 Å². The van der Waals surface area contributed by atoms with E-state index in [0.29, 0.717) is 42.1 Å². The number of methoxy groups -OCH3 is 1. The fourth-order valence-corrected chi connectivity index (χ4v) is 11.2. The van der Waals surface area contributed by atoms with Crippen molar-refractivity contribution in [2.75, 3.05) is 26.5 Å². The predicted octanol–water partition coefficient (Wildman–Crippen LogP) is 3.18. The van der Waals surface area contributed by atoms with E-state index in [2.05, 4.69) is 26.1 Å². The smallest absolute Gasteiger partial charge is 0.240 e. The molecule has 6 fully saturated rings. The van der Waals surface area contributed by atoms with Crippen LogP contribution in [0.15, 0.2) is 0 Å². The van der Waals surface area contributed by atoms with Gasteiger partial charge in [0.05, 0.1) is 24.1 Å². The van der Waals surface area contributed by atoms with Gasteiger partial charge in [-0.1, -0.05) is 40.0 Å². The number of carbonyl (C=O) groups excluding carboxylic acids is 1. The molecule has 242 valence electrons. The van der Waals surface area contributed by atoms with Crippen molar-refractivity contribution in [1.29, 1.82) is 0 Å². The molecule has 3 N–H and O–H groups in total. The number of hydrogen-bond donors (Lipinski definition) is 3. The zero-order valence-corrected chi connectivity index (χ0v) is 27.4. The molecule has 1 aliphatic heterocycles. The lowest BCUT2D eigenvalue weighted by atomic mass is 9.45. The Bertz CT molecular complexity index is 1070. The van der Waals surface area contributed by atoms with Gasteiger partial charge in [0.15, 0.2) is 0 Å². The first kappa shape index (κ1) is 32.6. The molecule has 0 aromatic heterocycles. The minimum absolute atomic E-state index is 0.0692. The average molecular weight is 613 g/mol. The van der Waals surface area contributed by atoms with E-state index in [1.807, 2.05) is 0 Å². The Labute approximate surface area is 253 Å². The molecule has 1 heterocycles. The lowest BCUT2D eigenvalue weighted by molar-refractivity contribution is -0.193. The average Bonchev–Trinajstić information content (AvgIpc) is 3.32. The molecule has 5 saturated carbocycles. The van der Waals surface area contributed by atoms with Crippen LogP contribution < -0.4 is 5.32 Å². The molecule has 0 aromatic carbocycles. The lowest BCUT2D eigenvalue weighted by Crippen LogP contribution is -2.62. The molecule has 5 aliphatic carbocycles. The monoisotopic (exact) mass is 612 g/mol. The van der Waals surface area contributed by atoms with E-state index in [1.54, 1.807) is 19.1 Å². The molecule has 2 bridgehead atoms. The second kappa shape index (κ2) is 12.5.